The lowest BCUT2D eigenvalue weighted by Gasteiger charge is -2.20. The normalized spacial score (nSPS) is 12.0. The van der Waals surface area contributed by atoms with Crippen LogP contribution in [0.4, 0.5) is 24.8 Å². The van der Waals surface area contributed by atoms with Gasteiger partial charge in [-0.2, -0.15) is 13.2 Å². The molecule has 1 unspecified atom stereocenters. The standard InChI is InChI=1S/C23H23F3N4O.CH4/c1-15(20-3-2-11-28-22(20)27)19(10-12-31)17-6-9-21(30-14-17)29-13-16-4-7-18(8-5-16)23(24,25)26;/h2-9,11,14,19,31H,1,10,12-13H2,(H2,27,28)(H,29,30);1H4. The maximum absolute atomic E-state index is 12.7. The number of pyridine rings is 2. The Labute approximate surface area is 185 Å². The van der Waals surface area contributed by atoms with Crippen molar-refractivity contribution >= 4 is 17.2 Å². The first kappa shape index (κ1) is 24.9. The fourth-order valence-corrected chi connectivity index (χ4v) is 3.27. The number of hydrogen-bond acceptors (Lipinski definition) is 5. The van der Waals surface area contributed by atoms with Crippen molar-refractivity contribution in [2.45, 2.75) is 32.5 Å². The lowest BCUT2D eigenvalue weighted by Crippen LogP contribution is -2.08. The van der Waals surface area contributed by atoms with Crippen molar-refractivity contribution in [3.8, 4) is 0 Å². The van der Waals surface area contributed by atoms with Crippen LogP contribution in [0.2, 0.25) is 0 Å². The van der Waals surface area contributed by atoms with E-state index in [1.807, 2.05) is 12.1 Å². The topological polar surface area (TPSA) is 84.1 Å². The summed E-state index contributed by atoms with van der Waals surface area (Å²) in [5, 5.41) is 12.6. The molecular weight excluding hydrogens is 417 g/mol. The van der Waals surface area contributed by atoms with Gasteiger partial charge in [0.05, 0.1) is 5.56 Å². The van der Waals surface area contributed by atoms with Crippen LogP contribution in [0.3, 0.4) is 0 Å². The molecule has 170 valence electrons. The monoisotopic (exact) mass is 444 g/mol. The molecule has 1 atom stereocenters. The van der Waals surface area contributed by atoms with Crippen LogP contribution in [-0.2, 0) is 12.7 Å². The van der Waals surface area contributed by atoms with Gasteiger partial charge in [0, 0.05) is 37.0 Å². The van der Waals surface area contributed by atoms with E-state index in [9.17, 15) is 18.3 Å². The number of aromatic nitrogens is 2. The summed E-state index contributed by atoms with van der Waals surface area (Å²) >= 11 is 0. The van der Waals surface area contributed by atoms with Gasteiger partial charge in [-0.15, -0.1) is 0 Å². The zero-order valence-corrected chi connectivity index (χ0v) is 16.7. The van der Waals surface area contributed by atoms with Crippen LogP contribution in [0.1, 0.15) is 42.0 Å². The van der Waals surface area contributed by atoms with Crippen LogP contribution in [0.5, 0.6) is 0 Å². The molecule has 0 bridgehead atoms. The van der Waals surface area contributed by atoms with E-state index in [-0.39, 0.29) is 20.0 Å². The first-order valence-corrected chi connectivity index (χ1v) is 9.66. The molecule has 0 radical (unpaired) electrons. The average Bonchev–Trinajstić information content (AvgIpc) is 2.76. The van der Waals surface area contributed by atoms with Gasteiger partial charge >= 0.3 is 6.18 Å². The fourth-order valence-electron chi connectivity index (χ4n) is 3.27. The Hall–Kier alpha value is -3.39. The van der Waals surface area contributed by atoms with Crippen LogP contribution < -0.4 is 11.1 Å². The number of aliphatic hydroxyl groups is 1. The summed E-state index contributed by atoms with van der Waals surface area (Å²) in [6.45, 7) is 4.46. The number of benzene rings is 1. The molecule has 4 N–H and O–H groups in total. The molecule has 0 aliphatic rings. The van der Waals surface area contributed by atoms with Gasteiger partial charge in [-0.05, 0) is 53.5 Å². The molecule has 2 heterocycles. The van der Waals surface area contributed by atoms with E-state index in [4.69, 9.17) is 5.73 Å². The Balaban J connectivity index is 0.00000363. The van der Waals surface area contributed by atoms with Gasteiger partial charge < -0.3 is 16.2 Å². The highest BCUT2D eigenvalue weighted by Gasteiger charge is 2.29. The molecule has 32 heavy (non-hydrogen) atoms. The van der Waals surface area contributed by atoms with Crippen molar-refractivity contribution in [3.63, 3.8) is 0 Å². The second-order valence-corrected chi connectivity index (χ2v) is 7.05. The first-order valence-electron chi connectivity index (χ1n) is 9.66. The van der Waals surface area contributed by atoms with E-state index in [2.05, 4.69) is 21.9 Å². The van der Waals surface area contributed by atoms with Gasteiger partial charge in [-0.25, -0.2) is 9.97 Å². The molecule has 0 saturated heterocycles. The molecule has 0 amide bonds. The molecule has 3 aromatic rings. The number of nitrogens with two attached hydrogens (primary N) is 1. The van der Waals surface area contributed by atoms with Gasteiger partial charge in [0.2, 0.25) is 0 Å². The maximum atomic E-state index is 12.7. The molecule has 0 saturated carbocycles. The van der Waals surface area contributed by atoms with E-state index < -0.39 is 11.7 Å². The van der Waals surface area contributed by atoms with Crippen LogP contribution in [-0.4, -0.2) is 21.7 Å². The Kier molecular flexibility index (Phi) is 8.37. The highest BCUT2D eigenvalue weighted by atomic mass is 19.4. The lowest BCUT2D eigenvalue weighted by atomic mass is 9.86. The fraction of sp³-hybridized carbons (Fsp3) is 0.250. The number of nitrogen functional groups attached to an aromatic ring is 1. The Morgan fingerprint density at radius 2 is 1.81 bits per heavy atom. The second kappa shape index (κ2) is 10.8. The van der Waals surface area contributed by atoms with Gasteiger partial charge in [0.1, 0.15) is 11.6 Å². The predicted molar refractivity (Wildman–Crippen MR) is 122 cm³/mol. The van der Waals surface area contributed by atoms with Crippen molar-refractivity contribution in [1.82, 2.24) is 9.97 Å². The molecule has 0 aliphatic heterocycles. The number of allylic oxidation sites excluding steroid dienone is 1. The van der Waals surface area contributed by atoms with Crippen molar-refractivity contribution < 1.29 is 18.3 Å². The number of nitrogens with zero attached hydrogens (tertiary/aromatic N) is 2. The molecular formula is C24H27F3N4O. The number of hydrogen-bond donors (Lipinski definition) is 3. The molecule has 5 nitrogen and oxygen atoms in total. The largest absolute Gasteiger partial charge is 0.416 e. The van der Waals surface area contributed by atoms with Gasteiger partial charge in [0.15, 0.2) is 0 Å². The third kappa shape index (κ3) is 6.07. The minimum Gasteiger partial charge on any atom is -0.396 e. The Morgan fingerprint density at radius 1 is 1.09 bits per heavy atom. The van der Waals surface area contributed by atoms with Crippen LogP contribution in [0.25, 0.3) is 5.57 Å². The number of nitrogens with one attached hydrogen (secondary N) is 1. The zero-order chi connectivity index (χ0) is 22.4. The van der Waals surface area contributed by atoms with Crippen molar-refractivity contribution in [1.29, 1.82) is 0 Å². The summed E-state index contributed by atoms with van der Waals surface area (Å²) in [5.41, 5.74) is 8.32. The SMILES string of the molecule is C.C=C(c1cccnc1N)C(CCO)c1ccc(NCc2ccc(C(F)(F)F)cc2)nc1. The van der Waals surface area contributed by atoms with Gasteiger partial charge in [0.25, 0.3) is 0 Å². The second-order valence-electron chi connectivity index (χ2n) is 7.05. The average molecular weight is 445 g/mol. The van der Waals surface area contributed by atoms with Crippen molar-refractivity contribution in [3.05, 3.63) is 89.8 Å². The molecule has 0 aliphatic carbocycles. The van der Waals surface area contributed by atoms with E-state index in [1.165, 1.54) is 12.1 Å². The Morgan fingerprint density at radius 3 is 2.38 bits per heavy atom. The van der Waals surface area contributed by atoms with Crippen LogP contribution in [0, 0.1) is 0 Å². The summed E-state index contributed by atoms with van der Waals surface area (Å²) in [6, 6.07) is 12.3. The quantitative estimate of drug-likeness (QED) is 0.427. The summed E-state index contributed by atoms with van der Waals surface area (Å²) in [4.78, 5) is 8.48. The molecule has 8 heteroatoms. The number of halogens is 3. The molecule has 0 spiro atoms. The van der Waals surface area contributed by atoms with E-state index in [0.717, 1.165) is 28.8 Å². The first-order chi connectivity index (χ1) is 14.8. The van der Waals surface area contributed by atoms with Crippen LogP contribution >= 0.6 is 0 Å². The molecule has 0 fully saturated rings. The molecule has 1 aromatic carbocycles. The van der Waals surface area contributed by atoms with Crippen molar-refractivity contribution in [2.24, 2.45) is 0 Å². The number of alkyl halides is 3. The minimum atomic E-state index is -4.35. The third-order valence-corrected chi connectivity index (χ3v) is 4.97. The van der Waals surface area contributed by atoms with E-state index in [0.29, 0.717) is 30.2 Å². The highest BCUT2D eigenvalue weighted by molar-refractivity contribution is 5.75. The molecule has 3 rings (SSSR count). The smallest absolute Gasteiger partial charge is 0.396 e. The van der Waals surface area contributed by atoms with Crippen LogP contribution in [0.15, 0.2) is 67.5 Å². The summed E-state index contributed by atoms with van der Waals surface area (Å²) in [6.07, 6.45) is -0.606. The lowest BCUT2D eigenvalue weighted by molar-refractivity contribution is -0.137. The number of anilines is 2. The van der Waals surface area contributed by atoms with E-state index >= 15 is 0 Å². The number of rotatable bonds is 8. The minimum absolute atomic E-state index is 0. The summed E-state index contributed by atoms with van der Waals surface area (Å²) < 4.78 is 38.0. The zero-order valence-electron chi connectivity index (χ0n) is 16.7. The summed E-state index contributed by atoms with van der Waals surface area (Å²) in [5.74, 6) is 0.768. The van der Waals surface area contributed by atoms with Gasteiger partial charge in [-0.1, -0.05) is 32.2 Å². The number of aliphatic hydroxyl groups excluding tert-OH is 1. The van der Waals surface area contributed by atoms with E-state index in [1.54, 1.807) is 24.5 Å². The summed E-state index contributed by atoms with van der Waals surface area (Å²) in [7, 11) is 0. The van der Waals surface area contributed by atoms with Gasteiger partial charge in [-0.3, -0.25) is 0 Å². The Bertz CT molecular complexity index is 1020. The third-order valence-electron chi connectivity index (χ3n) is 4.97. The predicted octanol–water partition coefficient (Wildman–Crippen LogP) is 5.51. The molecule has 2 aromatic heterocycles. The maximum Gasteiger partial charge on any atom is 0.416 e. The highest BCUT2D eigenvalue weighted by Crippen LogP contribution is 2.35. The van der Waals surface area contributed by atoms with Crippen molar-refractivity contribution in [2.75, 3.05) is 17.7 Å².